The highest BCUT2D eigenvalue weighted by Gasteiger charge is 2.40. The molecule has 0 bridgehead atoms. The minimum atomic E-state index is -1.86. The summed E-state index contributed by atoms with van der Waals surface area (Å²) in [4.78, 5) is 36.2. The summed E-state index contributed by atoms with van der Waals surface area (Å²) in [5.74, 6) is -2.28. The molecular formula is C23H26N2O6. The van der Waals surface area contributed by atoms with Crippen LogP contribution in [0.25, 0.3) is 11.1 Å². The molecule has 0 spiro atoms. The predicted octanol–water partition coefficient (Wildman–Crippen LogP) is 2.26. The van der Waals surface area contributed by atoms with Crippen molar-refractivity contribution in [3.8, 4) is 11.1 Å². The van der Waals surface area contributed by atoms with E-state index in [-0.39, 0.29) is 12.5 Å². The average Bonchev–Trinajstić information content (AvgIpc) is 3.05. The van der Waals surface area contributed by atoms with Gasteiger partial charge in [0.25, 0.3) is 0 Å². The normalized spacial score (nSPS) is 14.7. The first-order valence-corrected chi connectivity index (χ1v) is 9.89. The van der Waals surface area contributed by atoms with Crippen LogP contribution in [0.15, 0.2) is 48.5 Å². The molecule has 1 aliphatic carbocycles. The number of rotatable bonds is 7. The number of aliphatic hydroxyl groups is 1. The first-order valence-electron chi connectivity index (χ1n) is 9.89. The van der Waals surface area contributed by atoms with E-state index in [2.05, 4.69) is 10.6 Å². The van der Waals surface area contributed by atoms with E-state index in [4.69, 9.17) is 4.74 Å². The number of ether oxygens (including phenoxy) is 1. The van der Waals surface area contributed by atoms with Crippen LogP contribution >= 0.6 is 0 Å². The molecule has 1 atom stereocenters. The Morgan fingerprint density at radius 3 is 1.94 bits per heavy atom. The fraction of sp³-hybridized carbons (Fsp3) is 0.348. The second-order valence-electron chi connectivity index (χ2n) is 8.33. The van der Waals surface area contributed by atoms with Crippen LogP contribution in [0.1, 0.15) is 37.8 Å². The number of carbonyl (C=O) groups excluding carboxylic acids is 2. The van der Waals surface area contributed by atoms with Gasteiger partial charge in [0.2, 0.25) is 5.91 Å². The van der Waals surface area contributed by atoms with Gasteiger partial charge < -0.3 is 25.6 Å². The molecule has 0 fully saturated rings. The first kappa shape index (κ1) is 22.3. The summed E-state index contributed by atoms with van der Waals surface area (Å²) in [5, 5.41) is 23.2. The Kier molecular flexibility index (Phi) is 6.03. The van der Waals surface area contributed by atoms with E-state index in [0.717, 1.165) is 22.3 Å². The fourth-order valence-electron chi connectivity index (χ4n) is 3.51. The van der Waals surface area contributed by atoms with Crippen LogP contribution in [-0.4, -0.2) is 52.5 Å². The number of aliphatic carboxylic acids is 1. The third-order valence-electron chi connectivity index (χ3n) is 5.50. The van der Waals surface area contributed by atoms with Crippen LogP contribution in [0.3, 0.4) is 0 Å². The monoisotopic (exact) mass is 426 g/mol. The van der Waals surface area contributed by atoms with Gasteiger partial charge in [0, 0.05) is 5.92 Å². The molecular weight excluding hydrogens is 400 g/mol. The highest BCUT2D eigenvalue weighted by molar-refractivity contribution is 5.93. The molecule has 0 saturated heterocycles. The lowest BCUT2D eigenvalue weighted by atomic mass is 9.98. The van der Waals surface area contributed by atoms with Gasteiger partial charge >= 0.3 is 12.1 Å². The van der Waals surface area contributed by atoms with Crippen molar-refractivity contribution >= 4 is 18.0 Å². The number of benzene rings is 2. The second kappa shape index (κ2) is 8.39. The zero-order valence-corrected chi connectivity index (χ0v) is 17.6. The standard InChI is InChI=1S/C23H26N2O6/c1-22(2,19(27)24-23(3,13-26)20(28)29)25-21(30)31-12-18-16-10-6-4-8-14(16)15-9-5-7-11-17(15)18/h4-11,18,26H,12-13H2,1-3H3,(H,24,27)(H,25,30)(H,28,29). The van der Waals surface area contributed by atoms with Crippen molar-refractivity contribution in [3.05, 3.63) is 59.7 Å². The van der Waals surface area contributed by atoms with Crippen molar-refractivity contribution in [2.24, 2.45) is 0 Å². The first-order chi connectivity index (χ1) is 14.6. The Bertz CT molecular complexity index is 973. The van der Waals surface area contributed by atoms with Crippen molar-refractivity contribution < 1.29 is 29.3 Å². The maximum atomic E-state index is 12.5. The molecule has 8 nitrogen and oxygen atoms in total. The van der Waals surface area contributed by atoms with Crippen LogP contribution in [0.5, 0.6) is 0 Å². The number of nitrogens with one attached hydrogen (secondary N) is 2. The molecule has 1 unspecified atom stereocenters. The van der Waals surface area contributed by atoms with Gasteiger partial charge in [0.05, 0.1) is 6.61 Å². The lowest BCUT2D eigenvalue weighted by molar-refractivity contribution is -0.149. The van der Waals surface area contributed by atoms with Crippen LogP contribution in [-0.2, 0) is 14.3 Å². The predicted molar refractivity (Wildman–Crippen MR) is 114 cm³/mol. The molecule has 0 aromatic heterocycles. The molecule has 3 rings (SSSR count). The van der Waals surface area contributed by atoms with Gasteiger partial charge in [0.15, 0.2) is 5.54 Å². The van der Waals surface area contributed by atoms with Crippen molar-refractivity contribution in [3.63, 3.8) is 0 Å². The molecule has 0 saturated carbocycles. The topological polar surface area (TPSA) is 125 Å². The number of carboxylic acids is 1. The van der Waals surface area contributed by atoms with Crippen molar-refractivity contribution in [1.82, 2.24) is 10.6 Å². The van der Waals surface area contributed by atoms with E-state index in [0.29, 0.717) is 0 Å². The number of fused-ring (bicyclic) bond motifs is 3. The highest BCUT2D eigenvalue weighted by atomic mass is 16.5. The average molecular weight is 426 g/mol. The lowest BCUT2D eigenvalue weighted by Crippen LogP contribution is -2.63. The van der Waals surface area contributed by atoms with Gasteiger partial charge in [-0.3, -0.25) is 4.79 Å². The number of carboxylic acid groups (broad SMARTS) is 1. The Morgan fingerprint density at radius 1 is 0.935 bits per heavy atom. The number of alkyl carbamates (subject to hydrolysis) is 1. The highest BCUT2D eigenvalue weighted by Crippen LogP contribution is 2.44. The van der Waals surface area contributed by atoms with Crippen molar-refractivity contribution in [2.45, 2.75) is 37.8 Å². The molecule has 164 valence electrons. The third-order valence-corrected chi connectivity index (χ3v) is 5.50. The number of amides is 2. The molecule has 31 heavy (non-hydrogen) atoms. The minimum absolute atomic E-state index is 0.0844. The Morgan fingerprint density at radius 2 is 1.45 bits per heavy atom. The summed E-state index contributed by atoms with van der Waals surface area (Å²) < 4.78 is 5.43. The van der Waals surface area contributed by atoms with Crippen LogP contribution in [0.2, 0.25) is 0 Å². The maximum absolute atomic E-state index is 12.5. The third kappa shape index (κ3) is 4.39. The number of carbonyl (C=O) groups is 3. The SMILES string of the molecule is CC(C)(NC(=O)OCC1c2ccccc2-c2ccccc21)C(=O)NC(C)(CO)C(=O)O. The molecule has 8 heteroatoms. The van der Waals surface area contributed by atoms with Gasteiger partial charge in [-0.2, -0.15) is 0 Å². The zero-order chi connectivity index (χ0) is 22.8. The molecule has 2 aromatic carbocycles. The summed E-state index contributed by atoms with van der Waals surface area (Å²) in [7, 11) is 0. The number of aliphatic hydroxyl groups excluding tert-OH is 1. The second-order valence-corrected chi connectivity index (χ2v) is 8.33. The number of hydrogen-bond acceptors (Lipinski definition) is 5. The maximum Gasteiger partial charge on any atom is 0.408 e. The Labute approximate surface area is 180 Å². The summed E-state index contributed by atoms with van der Waals surface area (Å²) in [6, 6.07) is 15.9. The van der Waals surface area contributed by atoms with Crippen LogP contribution in [0.4, 0.5) is 4.79 Å². The van der Waals surface area contributed by atoms with Gasteiger partial charge in [-0.05, 0) is 43.0 Å². The summed E-state index contributed by atoms with van der Waals surface area (Å²) in [6.07, 6.45) is -0.803. The largest absolute Gasteiger partial charge is 0.479 e. The lowest BCUT2D eigenvalue weighted by Gasteiger charge is -2.31. The summed E-state index contributed by atoms with van der Waals surface area (Å²) >= 11 is 0. The zero-order valence-electron chi connectivity index (χ0n) is 17.6. The summed E-state index contributed by atoms with van der Waals surface area (Å²) in [5.41, 5.74) is 1.00. The minimum Gasteiger partial charge on any atom is -0.479 e. The fourth-order valence-corrected chi connectivity index (χ4v) is 3.51. The molecule has 1 aliphatic rings. The van der Waals surface area contributed by atoms with E-state index in [1.54, 1.807) is 0 Å². The van der Waals surface area contributed by atoms with E-state index >= 15 is 0 Å². The van der Waals surface area contributed by atoms with Crippen LogP contribution < -0.4 is 10.6 Å². The smallest absolute Gasteiger partial charge is 0.408 e. The van der Waals surface area contributed by atoms with Gasteiger partial charge in [-0.1, -0.05) is 48.5 Å². The summed E-state index contributed by atoms with van der Waals surface area (Å²) in [6.45, 7) is 3.31. The van der Waals surface area contributed by atoms with E-state index < -0.39 is 35.7 Å². The molecule has 2 aromatic rings. The molecule has 2 amide bonds. The van der Waals surface area contributed by atoms with Gasteiger partial charge in [-0.25, -0.2) is 9.59 Å². The Hall–Kier alpha value is -3.39. The van der Waals surface area contributed by atoms with E-state index in [1.165, 1.54) is 20.8 Å². The molecule has 0 radical (unpaired) electrons. The van der Waals surface area contributed by atoms with Crippen LogP contribution in [0, 0.1) is 0 Å². The van der Waals surface area contributed by atoms with E-state index in [1.807, 2.05) is 48.5 Å². The van der Waals surface area contributed by atoms with Crippen molar-refractivity contribution in [2.75, 3.05) is 13.2 Å². The van der Waals surface area contributed by atoms with E-state index in [9.17, 15) is 24.6 Å². The molecule has 0 heterocycles. The van der Waals surface area contributed by atoms with Crippen molar-refractivity contribution in [1.29, 1.82) is 0 Å². The number of hydrogen-bond donors (Lipinski definition) is 4. The van der Waals surface area contributed by atoms with Gasteiger partial charge in [0.1, 0.15) is 12.1 Å². The van der Waals surface area contributed by atoms with Gasteiger partial charge in [-0.15, -0.1) is 0 Å². The quantitative estimate of drug-likeness (QED) is 0.538. The molecule has 0 aliphatic heterocycles. The molecule has 4 N–H and O–H groups in total. The Balaban J connectivity index is 1.66.